The van der Waals surface area contributed by atoms with Gasteiger partial charge in [0.2, 0.25) is 5.95 Å². The van der Waals surface area contributed by atoms with Gasteiger partial charge in [-0.05, 0) is 43.5 Å². The summed E-state index contributed by atoms with van der Waals surface area (Å²) in [4.78, 5) is 23.7. The molecule has 1 fully saturated rings. The number of benzene rings is 1. The number of imidazole rings is 1. The Morgan fingerprint density at radius 2 is 2.19 bits per heavy atom. The zero-order chi connectivity index (χ0) is 18.3. The molecule has 26 heavy (non-hydrogen) atoms. The van der Waals surface area contributed by atoms with Crippen molar-refractivity contribution in [2.24, 2.45) is 0 Å². The third-order valence-electron chi connectivity index (χ3n) is 4.69. The molecule has 0 saturated heterocycles. The molecule has 0 bridgehead atoms. The average molecular weight is 351 g/mol. The molecule has 0 spiro atoms. The third kappa shape index (κ3) is 2.96. The lowest BCUT2D eigenvalue weighted by Crippen LogP contribution is -2.32. The van der Waals surface area contributed by atoms with Crippen molar-refractivity contribution in [1.82, 2.24) is 19.4 Å². The van der Waals surface area contributed by atoms with E-state index in [4.69, 9.17) is 5.73 Å². The highest BCUT2D eigenvalue weighted by Crippen LogP contribution is 2.30. The minimum atomic E-state index is -0.0742. The fraction of sp³-hybridized carbons (Fsp3) is 0.316. The first-order valence-corrected chi connectivity index (χ1v) is 8.77. The van der Waals surface area contributed by atoms with Crippen LogP contribution in [-0.2, 0) is 13.1 Å². The predicted octanol–water partition coefficient (Wildman–Crippen LogP) is 2.54. The number of pyridine rings is 1. The minimum Gasteiger partial charge on any atom is -0.508 e. The third-order valence-corrected chi connectivity index (χ3v) is 4.69. The maximum atomic E-state index is 13.1. The van der Waals surface area contributed by atoms with Crippen LogP contribution >= 0.6 is 0 Å². The molecule has 1 saturated carbocycles. The number of phenolic OH excluding ortho intramolecular Hbond substituents is 1. The second-order valence-corrected chi connectivity index (χ2v) is 6.62. The van der Waals surface area contributed by atoms with Crippen LogP contribution in [0.15, 0.2) is 36.5 Å². The standard InChI is InChI=1S/C19H21N5O2/c1-2-23-17-16(22-19(23)20)9-13(10-21-17)18(26)24(14-6-7-14)11-12-4-3-5-15(25)8-12/h3-5,8-10,14,25H,2,6-7,11H2,1H3,(H2,20,22). The lowest BCUT2D eigenvalue weighted by Gasteiger charge is -2.22. The topological polar surface area (TPSA) is 97.3 Å². The van der Waals surface area contributed by atoms with Gasteiger partial charge in [0.25, 0.3) is 5.91 Å². The largest absolute Gasteiger partial charge is 0.508 e. The summed E-state index contributed by atoms with van der Waals surface area (Å²) < 4.78 is 1.81. The molecule has 1 aliphatic carbocycles. The van der Waals surface area contributed by atoms with Gasteiger partial charge in [0.05, 0.1) is 5.56 Å². The van der Waals surface area contributed by atoms with Gasteiger partial charge < -0.3 is 15.7 Å². The van der Waals surface area contributed by atoms with Crippen LogP contribution < -0.4 is 5.73 Å². The lowest BCUT2D eigenvalue weighted by atomic mass is 10.1. The van der Waals surface area contributed by atoms with E-state index in [1.807, 2.05) is 22.5 Å². The first-order chi connectivity index (χ1) is 12.6. The van der Waals surface area contributed by atoms with Crippen LogP contribution in [0, 0.1) is 0 Å². The summed E-state index contributed by atoms with van der Waals surface area (Å²) in [5.41, 5.74) is 8.64. The molecule has 0 radical (unpaired) electrons. The van der Waals surface area contributed by atoms with Crippen molar-refractivity contribution in [2.45, 2.75) is 38.9 Å². The molecule has 4 rings (SSSR count). The Kier molecular flexibility index (Phi) is 3.99. The van der Waals surface area contributed by atoms with Crippen molar-refractivity contribution in [3.63, 3.8) is 0 Å². The molecule has 7 nitrogen and oxygen atoms in total. The van der Waals surface area contributed by atoms with Crippen LogP contribution in [0.5, 0.6) is 5.75 Å². The summed E-state index contributed by atoms with van der Waals surface area (Å²) in [6, 6.07) is 9.00. The van der Waals surface area contributed by atoms with Crippen LogP contribution in [0.2, 0.25) is 0 Å². The number of rotatable bonds is 5. The molecular formula is C19H21N5O2. The quantitative estimate of drug-likeness (QED) is 0.736. The van der Waals surface area contributed by atoms with Crippen molar-refractivity contribution in [2.75, 3.05) is 5.73 Å². The zero-order valence-corrected chi connectivity index (χ0v) is 14.6. The molecule has 1 amide bonds. The molecule has 1 aromatic carbocycles. The van der Waals surface area contributed by atoms with Gasteiger partial charge >= 0.3 is 0 Å². The second-order valence-electron chi connectivity index (χ2n) is 6.62. The van der Waals surface area contributed by atoms with E-state index in [2.05, 4.69) is 9.97 Å². The molecule has 134 valence electrons. The van der Waals surface area contributed by atoms with E-state index in [1.54, 1.807) is 30.5 Å². The Hall–Kier alpha value is -3.09. The summed E-state index contributed by atoms with van der Waals surface area (Å²) in [5.74, 6) is 0.530. The van der Waals surface area contributed by atoms with Gasteiger partial charge in [0.15, 0.2) is 5.65 Å². The molecule has 1 aliphatic rings. The maximum Gasteiger partial charge on any atom is 0.256 e. The molecule has 2 heterocycles. The highest BCUT2D eigenvalue weighted by Gasteiger charge is 2.33. The van der Waals surface area contributed by atoms with Crippen LogP contribution in [0.4, 0.5) is 5.95 Å². The van der Waals surface area contributed by atoms with Crippen molar-refractivity contribution in [3.05, 3.63) is 47.7 Å². The maximum absolute atomic E-state index is 13.1. The summed E-state index contributed by atoms with van der Waals surface area (Å²) in [7, 11) is 0. The van der Waals surface area contributed by atoms with Crippen molar-refractivity contribution >= 4 is 23.0 Å². The highest BCUT2D eigenvalue weighted by molar-refractivity contribution is 5.97. The number of anilines is 1. The predicted molar refractivity (Wildman–Crippen MR) is 98.6 cm³/mol. The van der Waals surface area contributed by atoms with Gasteiger partial charge in [-0.2, -0.15) is 0 Å². The van der Waals surface area contributed by atoms with Crippen molar-refractivity contribution < 1.29 is 9.90 Å². The van der Waals surface area contributed by atoms with Gasteiger partial charge in [0.1, 0.15) is 11.3 Å². The molecule has 3 N–H and O–H groups in total. The smallest absolute Gasteiger partial charge is 0.256 e. The number of nitrogens with zero attached hydrogens (tertiary/aromatic N) is 4. The fourth-order valence-electron chi connectivity index (χ4n) is 3.23. The Morgan fingerprint density at radius 1 is 1.38 bits per heavy atom. The van der Waals surface area contributed by atoms with Crippen LogP contribution in [0.1, 0.15) is 35.7 Å². The highest BCUT2D eigenvalue weighted by atomic mass is 16.3. The van der Waals surface area contributed by atoms with Gasteiger partial charge in [-0.25, -0.2) is 9.97 Å². The Labute approximate surface area is 151 Å². The second kappa shape index (κ2) is 6.33. The summed E-state index contributed by atoms with van der Waals surface area (Å²) in [6.45, 7) is 3.11. The van der Waals surface area contributed by atoms with Crippen LogP contribution in [-0.4, -0.2) is 36.5 Å². The number of nitrogen functional groups attached to an aromatic ring is 1. The molecule has 0 atom stereocenters. The van der Waals surface area contributed by atoms with Crippen molar-refractivity contribution in [3.8, 4) is 5.75 Å². The first kappa shape index (κ1) is 16.4. The number of aryl methyl sites for hydroxylation is 1. The van der Waals surface area contributed by atoms with Gasteiger partial charge in [-0.1, -0.05) is 12.1 Å². The number of fused-ring (bicyclic) bond motifs is 1. The minimum absolute atomic E-state index is 0.0742. The SMILES string of the molecule is CCn1c(N)nc2cc(C(=O)N(Cc3cccc(O)c3)C3CC3)cnc21. The first-order valence-electron chi connectivity index (χ1n) is 8.77. The lowest BCUT2D eigenvalue weighted by molar-refractivity contribution is 0.0729. The number of phenols is 1. The number of amides is 1. The van der Waals surface area contributed by atoms with Crippen molar-refractivity contribution in [1.29, 1.82) is 0 Å². The van der Waals surface area contributed by atoms with E-state index in [9.17, 15) is 9.90 Å². The van der Waals surface area contributed by atoms with E-state index in [0.29, 0.717) is 35.8 Å². The number of hydrogen-bond donors (Lipinski definition) is 2. The number of carbonyl (C=O) groups excluding carboxylic acids is 1. The number of aromatic hydroxyl groups is 1. The van der Waals surface area contributed by atoms with E-state index in [0.717, 1.165) is 18.4 Å². The van der Waals surface area contributed by atoms with Crippen LogP contribution in [0.25, 0.3) is 11.2 Å². The molecule has 7 heteroatoms. The molecule has 2 aromatic heterocycles. The van der Waals surface area contributed by atoms with E-state index >= 15 is 0 Å². The number of nitrogens with two attached hydrogens (primary N) is 1. The summed E-state index contributed by atoms with van der Waals surface area (Å²) in [6.07, 6.45) is 3.59. The summed E-state index contributed by atoms with van der Waals surface area (Å²) in [5, 5.41) is 9.67. The van der Waals surface area contributed by atoms with Gasteiger partial charge in [0, 0.05) is 25.3 Å². The Morgan fingerprint density at radius 3 is 2.88 bits per heavy atom. The Bertz CT molecular complexity index is 977. The number of carbonyl (C=O) groups is 1. The molecule has 0 aliphatic heterocycles. The van der Waals surface area contributed by atoms with E-state index in [1.165, 1.54) is 0 Å². The summed E-state index contributed by atoms with van der Waals surface area (Å²) >= 11 is 0. The fourth-order valence-corrected chi connectivity index (χ4v) is 3.23. The number of hydrogen-bond acceptors (Lipinski definition) is 5. The zero-order valence-electron chi connectivity index (χ0n) is 14.6. The van der Waals surface area contributed by atoms with E-state index in [-0.39, 0.29) is 17.7 Å². The monoisotopic (exact) mass is 351 g/mol. The molecule has 0 unspecified atom stereocenters. The normalized spacial score (nSPS) is 13.9. The molecular weight excluding hydrogens is 330 g/mol. The van der Waals surface area contributed by atoms with E-state index < -0.39 is 0 Å². The molecule has 3 aromatic rings. The van der Waals surface area contributed by atoms with Gasteiger partial charge in [-0.3, -0.25) is 9.36 Å². The Balaban J connectivity index is 1.64. The van der Waals surface area contributed by atoms with Gasteiger partial charge in [-0.15, -0.1) is 0 Å². The van der Waals surface area contributed by atoms with Crippen LogP contribution in [0.3, 0.4) is 0 Å². The number of aromatic nitrogens is 3. The average Bonchev–Trinajstić information content (AvgIpc) is 3.41.